The molecular weight excluding hydrogens is 335 g/mol. The molecule has 2 heterocycles. The molecule has 0 aliphatic rings. The Bertz CT molecular complexity index is 819. The number of benzene rings is 1. The lowest BCUT2D eigenvalue weighted by molar-refractivity contribution is 0.390. The van der Waals surface area contributed by atoms with Crippen molar-refractivity contribution in [2.45, 2.75) is 13.5 Å². The van der Waals surface area contributed by atoms with Crippen LogP contribution in [0.3, 0.4) is 0 Å². The van der Waals surface area contributed by atoms with Crippen molar-refractivity contribution >= 4 is 39.9 Å². The highest BCUT2D eigenvalue weighted by Gasteiger charge is 2.10. The minimum Gasteiger partial charge on any atom is -0.476 e. The smallest absolute Gasteiger partial charge is 0.162 e. The van der Waals surface area contributed by atoms with E-state index in [0.29, 0.717) is 17.5 Å². The summed E-state index contributed by atoms with van der Waals surface area (Å²) in [6, 6.07) is 9.92. The van der Waals surface area contributed by atoms with Gasteiger partial charge in [0.2, 0.25) is 0 Å². The summed E-state index contributed by atoms with van der Waals surface area (Å²) >= 11 is 11.6. The molecule has 1 aromatic carbocycles. The third kappa shape index (κ3) is 3.51. The van der Waals surface area contributed by atoms with Crippen molar-refractivity contribution < 1.29 is 4.74 Å². The van der Waals surface area contributed by atoms with Crippen LogP contribution in [0.2, 0.25) is 5.15 Å². The fourth-order valence-electron chi connectivity index (χ4n) is 2.61. The van der Waals surface area contributed by atoms with E-state index < -0.39 is 0 Å². The number of nitrogens with one attached hydrogen (secondary N) is 1. The number of nitrogens with zero attached hydrogens (tertiary/aromatic N) is 3. The molecule has 0 saturated heterocycles. The van der Waals surface area contributed by atoms with Crippen molar-refractivity contribution in [1.29, 1.82) is 0 Å². The van der Waals surface area contributed by atoms with E-state index in [9.17, 15) is 0 Å². The second-order valence-corrected chi connectivity index (χ2v) is 5.64. The predicted molar refractivity (Wildman–Crippen MR) is 93.6 cm³/mol. The van der Waals surface area contributed by atoms with Crippen LogP contribution in [-0.4, -0.2) is 27.1 Å². The van der Waals surface area contributed by atoms with Crippen molar-refractivity contribution in [3.8, 4) is 5.75 Å². The second-order valence-electron chi connectivity index (χ2n) is 5.04. The minimum atomic E-state index is 0.126. The molecule has 5 nitrogen and oxygen atoms in total. The minimum absolute atomic E-state index is 0.126. The number of aromatic nitrogens is 3. The zero-order chi connectivity index (χ0) is 16.2. The van der Waals surface area contributed by atoms with Crippen molar-refractivity contribution in [1.82, 2.24) is 14.5 Å². The first-order valence-electron chi connectivity index (χ1n) is 7.18. The molecule has 23 heavy (non-hydrogen) atoms. The monoisotopic (exact) mass is 350 g/mol. The Labute approximate surface area is 144 Å². The van der Waals surface area contributed by atoms with Gasteiger partial charge in [0.15, 0.2) is 6.07 Å². The van der Waals surface area contributed by atoms with Gasteiger partial charge >= 0.3 is 0 Å². The molecule has 0 aliphatic heterocycles. The average Bonchev–Trinajstić information content (AvgIpc) is 2.85. The Kier molecular flexibility index (Phi) is 4.88. The Morgan fingerprint density at radius 3 is 2.91 bits per heavy atom. The first-order chi connectivity index (χ1) is 11.2. The van der Waals surface area contributed by atoms with E-state index in [1.165, 1.54) is 6.33 Å². The van der Waals surface area contributed by atoms with Gasteiger partial charge in [0.05, 0.1) is 5.52 Å². The molecule has 2 aromatic heterocycles. The number of hydrogen-bond donors (Lipinski definition) is 1. The van der Waals surface area contributed by atoms with Crippen LogP contribution in [0, 0.1) is 6.92 Å². The number of anilines is 1. The third-order valence-corrected chi connectivity index (χ3v) is 3.89. The summed E-state index contributed by atoms with van der Waals surface area (Å²) in [6.07, 6.45) is 1.44. The fourth-order valence-corrected chi connectivity index (χ4v) is 2.88. The highest BCUT2D eigenvalue weighted by Crippen LogP contribution is 2.29. The van der Waals surface area contributed by atoms with E-state index in [-0.39, 0.29) is 6.07 Å². The third-order valence-electron chi connectivity index (χ3n) is 3.58. The van der Waals surface area contributed by atoms with Crippen LogP contribution < -0.4 is 10.1 Å². The summed E-state index contributed by atoms with van der Waals surface area (Å²) < 4.78 is 7.74. The van der Waals surface area contributed by atoms with E-state index in [0.717, 1.165) is 28.9 Å². The maximum Gasteiger partial charge on any atom is 0.162 e. The number of alkyl halides is 1. The van der Waals surface area contributed by atoms with Gasteiger partial charge in [0.1, 0.15) is 23.0 Å². The van der Waals surface area contributed by atoms with E-state index in [1.54, 1.807) is 6.07 Å². The summed E-state index contributed by atoms with van der Waals surface area (Å²) in [7, 11) is 0. The number of ether oxygens (including phenoxy) is 1. The van der Waals surface area contributed by atoms with Crippen molar-refractivity contribution in [2.75, 3.05) is 17.9 Å². The molecule has 0 spiro atoms. The number of para-hydroxylation sites is 1. The summed E-state index contributed by atoms with van der Waals surface area (Å²) in [5.41, 5.74) is 2.21. The Morgan fingerprint density at radius 1 is 1.26 bits per heavy atom. The largest absolute Gasteiger partial charge is 0.476 e. The molecule has 0 saturated carbocycles. The molecule has 120 valence electrons. The maximum absolute atomic E-state index is 5.86. The molecule has 0 fully saturated rings. The van der Waals surface area contributed by atoms with Gasteiger partial charge in [-0.2, -0.15) is 0 Å². The fraction of sp³-hybridized carbons (Fsp3) is 0.250. The molecule has 0 radical (unpaired) electrons. The van der Waals surface area contributed by atoms with Crippen LogP contribution in [0.1, 0.15) is 5.69 Å². The Morgan fingerprint density at radius 2 is 2.13 bits per heavy atom. The zero-order valence-electron chi connectivity index (χ0n) is 12.6. The van der Waals surface area contributed by atoms with Gasteiger partial charge in [-0.1, -0.05) is 35.3 Å². The molecule has 3 rings (SSSR count). The highest BCUT2D eigenvalue weighted by atomic mass is 35.5. The topological polar surface area (TPSA) is 52.0 Å². The number of hydrogen-bond acceptors (Lipinski definition) is 4. The van der Waals surface area contributed by atoms with Gasteiger partial charge in [-0.05, 0) is 19.1 Å². The molecule has 0 amide bonds. The standard InChI is InChI=1S/C16H16Cl2N4O/c1-11-7-12-3-2-4-13(23-9-17)16(12)22(11)6-5-19-15-8-14(18)20-10-21-15/h2-4,7-8,10H,5-6,9H2,1H3,(H,19,20,21). The highest BCUT2D eigenvalue weighted by molar-refractivity contribution is 6.29. The van der Waals surface area contributed by atoms with Gasteiger partial charge in [-0.15, -0.1) is 0 Å². The van der Waals surface area contributed by atoms with Gasteiger partial charge < -0.3 is 14.6 Å². The molecule has 3 aromatic rings. The van der Waals surface area contributed by atoms with E-state index in [1.807, 2.05) is 12.1 Å². The lowest BCUT2D eigenvalue weighted by Crippen LogP contribution is -2.12. The summed E-state index contributed by atoms with van der Waals surface area (Å²) in [5, 5.41) is 4.80. The van der Waals surface area contributed by atoms with E-state index >= 15 is 0 Å². The Balaban J connectivity index is 1.80. The lowest BCUT2D eigenvalue weighted by Gasteiger charge is -2.12. The van der Waals surface area contributed by atoms with Gasteiger partial charge in [0.25, 0.3) is 0 Å². The Hall–Kier alpha value is -1.98. The number of halogens is 2. The second kappa shape index (κ2) is 7.06. The first kappa shape index (κ1) is 15.9. The van der Waals surface area contributed by atoms with E-state index in [4.69, 9.17) is 27.9 Å². The van der Waals surface area contributed by atoms with Crippen LogP contribution in [0.4, 0.5) is 5.82 Å². The van der Waals surface area contributed by atoms with Crippen LogP contribution in [-0.2, 0) is 6.54 Å². The molecular formula is C16H16Cl2N4O. The zero-order valence-corrected chi connectivity index (χ0v) is 14.1. The van der Waals surface area contributed by atoms with Crippen LogP contribution in [0.25, 0.3) is 10.9 Å². The van der Waals surface area contributed by atoms with Gasteiger partial charge in [-0.3, -0.25) is 0 Å². The molecule has 7 heteroatoms. The summed E-state index contributed by atoms with van der Waals surface area (Å²) in [5.74, 6) is 1.49. The van der Waals surface area contributed by atoms with Crippen molar-refractivity contribution in [3.05, 3.63) is 47.5 Å². The average molecular weight is 351 g/mol. The van der Waals surface area contributed by atoms with Crippen molar-refractivity contribution in [2.24, 2.45) is 0 Å². The van der Waals surface area contributed by atoms with Crippen molar-refractivity contribution in [3.63, 3.8) is 0 Å². The molecule has 0 unspecified atom stereocenters. The van der Waals surface area contributed by atoms with Gasteiger partial charge in [-0.25, -0.2) is 9.97 Å². The van der Waals surface area contributed by atoms with Crippen LogP contribution in [0.5, 0.6) is 5.75 Å². The lowest BCUT2D eigenvalue weighted by atomic mass is 10.2. The van der Waals surface area contributed by atoms with Crippen LogP contribution in [0.15, 0.2) is 36.7 Å². The number of fused-ring (bicyclic) bond motifs is 1. The summed E-state index contributed by atoms with van der Waals surface area (Å²) in [4.78, 5) is 8.00. The SMILES string of the molecule is Cc1cc2cccc(OCCl)c2n1CCNc1cc(Cl)ncn1. The number of rotatable bonds is 6. The van der Waals surface area contributed by atoms with E-state index in [2.05, 4.69) is 38.9 Å². The first-order valence-corrected chi connectivity index (χ1v) is 8.09. The number of aryl methyl sites for hydroxylation is 1. The molecule has 1 N–H and O–H groups in total. The summed E-state index contributed by atoms with van der Waals surface area (Å²) in [6.45, 7) is 3.54. The van der Waals surface area contributed by atoms with Crippen LogP contribution >= 0.6 is 23.2 Å². The maximum atomic E-state index is 5.86. The normalized spacial score (nSPS) is 10.9. The molecule has 0 bridgehead atoms. The quantitative estimate of drug-likeness (QED) is 0.537. The predicted octanol–water partition coefficient (Wildman–Crippen LogP) is 4.08. The van der Waals surface area contributed by atoms with Gasteiger partial charge in [0, 0.05) is 30.2 Å². The molecule has 0 atom stereocenters. The molecule has 0 aliphatic carbocycles.